The van der Waals surface area contributed by atoms with Crippen LogP contribution < -0.4 is 0 Å². The molecule has 0 rings (SSSR count). The fraction of sp³-hybridized carbons (Fsp3) is 0.636. The minimum Gasteiger partial charge on any atom is -0.461 e. The van der Waals surface area contributed by atoms with Gasteiger partial charge in [0.15, 0.2) is 0 Å². The first-order valence-corrected chi connectivity index (χ1v) is 4.85. The second kappa shape index (κ2) is 6.35. The molecular weight excluding hydrogens is 176 g/mol. The molecule has 3 heteroatoms. The van der Waals surface area contributed by atoms with E-state index in [2.05, 4.69) is 30.5 Å². The zero-order chi connectivity index (χ0) is 11.1. The Morgan fingerprint density at radius 3 is 2.21 bits per heavy atom. The average Bonchev–Trinajstić information content (AvgIpc) is 2.10. The highest BCUT2D eigenvalue weighted by Gasteiger charge is 1.99. The zero-order valence-corrected chi connectivity index (χ0v) is 9.74. The minimum atomic E-state index is 0.0759. The molecule has 0 saturated heterocycles. The number of hydrogen-bond acceptors (Lipinski definition) is 2. The van der Waals surface area contributed by atoms with Crippen molar-refractivity contribution in [3.63, 3.8) is 0 Å². The lowest BCUT2D eigenvalue weighted by atomic mass is 10.1. The molecule has 0 atom stereocenters. The first-order chi connectivity index (χ1) is 6.47. The van der Waals surface area contributed by atoms with Gasteiger partial charge in [-0.15, -0.1) is 0 Å². The first kappa shape index (κ1) is 12.9. The van der Waals surface area contributed by atoms with Gasteiger partial charge in [-0.05, 0) is 33.4 Å². The summed E-state index contributed by atoms with van der Waals surface area (Å²) in [6, 6.07) is 0.333. The van der Waals surface area contributed by atoms with Crippen molar-refractivity contribution in [3.05, 3.63) is 11.8 Å². The van der Waals surface area contributed by atoms with Gasteiger partial charge in [0.25, 0.3) is 0 Å². The van der Waals surface area contributed by atoms with Crippen LogP contribution in [0.5, 0.6) is 0 Å². The van der Waals surface area contributed by atoms with E-state index >= 15 is 0 Å². The molecule has 0 aliphatic carbocycles. The number of rotatable bonds is 3. The zero-order valence-electron chi connectivity index (χ0n) is 9.74. The molecule has 3 nitrogen and oxygen atoms in total. The van der Waals surface area contributed by atoms with Gasteiger partial charge in [0.05, 0.1) is 6.10 Å². The Kier molecular flexibility index (Phi) is 5.84. The van der Waals surface area contributed by atoms with E-state index in [-0.39, 0.29) is 6.10 Å². The minimum absolute atomic E-state index is 0.0759. The SMILES string of the molecule is C=NC(=N/C=C(\C)C(C)C)OC(C)C. The lowest BCUT2D eigenvalue weighted by Crippen LogP contribution is -2.08. The monoisotopic (exact) mass is 196 g/mol. The van der Waals surface area contributed by atoms with E-state index in [9.17, 15) is 0 Å². The third-order valence-electron chi connectivity index (χ3n) is 1.77. The fourth-order valence-electron chi connectivity index (χ4n) is 0.625. The predicted molar refractivity (Wildman–Crippen MR) is 61.8 cm³/mol. The Balaban J connectivity index is 4.45. The van der Waals surface area contributed by atoms with Crippen molar-refractivity contribution in [2.45, 2.75) is 40.7 Å². The fourth-order valence-corrected chi connectivity index (χ4v) is 0.625. The van der Waals surface area contributed by atoms with Crippen molar-refractivity contribution in [2.75, 3.05) is 0 Å². The second-order valence-corrected chi connectivity index (χ2v) is 3.76. The smallest absolute Gasteiger partial charge is 0.315 e. The van der Waals surface area contributed by atoms with Gasteiger partial charge in [-0.25, -0.2) is 9.98 Å². The third kappa shape index (κ3) is 5.51. The molecule has 0 bridgehead atoms. The van der Waals surface area contributed by atoms with E-state index < -0.39 is 0 Å². The number of ether oxygens (including phenoxy) is 1. The van der Waals surface area contributed by atoms with Crippen LogP contribution in [0.1, 0.15) is 34.6 Å². The number of nitrogens with zero attached hydrogens (tertiary/aromatic N) is 2. The molecule has 0 aliphatic heterocycles. The topological polar surface area (TPSA) is 34.0 Å². The van der Waals surface area contributed by atoms with Crippen LogP contribution in [0.25, 0.3) is 0 Å². The van der Waals surface area contributed by atoms with E-state index in [1.807, 2.05) is 20.8 Å². The molecule has 0 amide bonds. The van der Waals surface area contributed by atoms with Gasteiger partial charge in [0.2, 0.25) is 0 Å². The standard InChI is InChI=1S/C11H20N2O/c1-8(2)10(5)7-13-11(12-6)14-9(3)4/h7-9H,6H2,1-5H3/b10-7+,13-11?. The second-order valence-electron chi connectivity index (χ2n) is 3.76. The summed E-state index contributed by atoms with van der Waals surface area (Å²) in [7, 11) is 0. The maximum Gasteiger partial charge on any atom is 0.315 e. The van der Waals surface area contributed by atoms with Crippen molar-refractivity contribution < 1.29 is 4.74 Å². The van der Waals surface area contributed by atoms with Crippen LogP contribution >= 0.6 is 0 Å². The van der Waals surface area contributed by atoms with Crippen LogP contribution in [0.2, 0.25) is 0 Å². The summed E-state index contributed by atoms with van der Waals surface area (Å²) in [6.07, 6.45) is 1.85. The average molecular weight is 196 g/mol. The van der Waals surface area contributed by atoms with Crippen LogP contribution in [0.15, 0.2) is 21.8 Å². The van der Waals surface area contributed by atoms with Crippen molar-refractivity contribution in [1.29, 1.82) is 0 Å². The van der Waals surface area contributed by atoms with Gasteiger partial charge in [-0.2, -0.15) is 0 Å². The highest BCUT2D eigenvalue weighted by atomic mass is 16.5. The number of hydrogen-bond donors (Lipinski definition) is 0. The Morgan fingerprint density at radius 2 is 1.86 bits per heavy atom. The molecular formula is C11H20N2O. The summed E-state index contributed by atoms with van der Waals surface area (Å²) in [4.78, 5) is 7.80. The van der Waals surface area contributed by atoms with Gasteiger partial charge in [-0.3, -0.25) is 0 Å². The Hall–Kier alpha value is -1.12. The van der Waals surface area contributed by atoms with Gasteiger partial charge >= 0.3 is 6.02 Å². The summed E-state index contributed by atoms with van der Waals surface area (Å²) < 4.78 is 5.31. The lowest BCUT2D eigenvalue weighted by molar-refractivity contribution is 0.225. The molecule has 0 saturated carbocycles. The van der Waals surface area contributed by atoms with E-state index in [0.717, 1.165) is 0 Å². The highest BCUT2D eigenvalue weighted by Crippen LogP contribution is 2.07. The first-order valence-electron chi connectivity index (χ1n) is 4.85. The molecule has 0 aromatic rings. The van der Waals surface area contributed by atoms with E-state index in [1.54, 1.807) is 6.20 Å². The summed E-state index contributed by atoms with van der Waals surface area (Å²) in [5, 5.41) is 0. The molecule has 0 radical (unpaired) electrons. The summed E-state index contributed by atoms with van der Waals surface area (Å²) >= 11 is 0. The maximum atomic E-state index is 5.31. The number of amidine groups is 1. The summed E-state index contributed by atoms with van der Waals surface area (Å²) in [5.74, 6) is 0.490. The largest absolute Gasteiger partial charge is 0.461 e. The van der Waals surface area contributed by atoms with Crippen LogP contribution in [-0.2, 0) is 4.74 Å². The number of aliphatic imine (C=N–C) groups is 2. The predicted octanol–water partition coefficient (Wildman–Crippen LogP) is 3.03. The quantitative estimate of drug-likeness (QED) is 0.504. The van der Waals surface area contributed by atoms with Crippen molar-refractivity contribution in [3.8, 4) is 0 Å². The van der Waals surface area contributed by atoms with Gasteiger partial charge in [0, 0.05) is 6.20 Å². The summed E-state index contributed by atoms with van der Waals surface area (Å²) in [6.45, 7) is 13.5. The van der Waals surface area contributed by atoms with Crippen LogP contribution in [0.3, 0.4) is 0 Å². The maximum absolute atomic E-state index is 5.31. The molecule has 0 spiro atoms. The molecule has 14 heavy (non-hydrogen) atoms. The Bertz CT molecular complexity index is 240. The van der Waals surface area contributed by atoms with Gasteiger partial charge < -0.3 is 4.74 Å². The van der Waals surface area contributed by atoms with Crippen molar-refractivity contribution >= 4 is 12.7 Å². The van der Waals surface area contributed by atoms with Crippen LogP contribution in [0.4, 0.5) is 0 Å². The molecule has 0 aromatic carbocycles. The Morgan fingerprint density at radius 1 is 1.29 bits per heavy atom. The van der Waals surface area contributed by atoms with Crippen LogP contribution in [0, 0.1) is 5.92 Å². The molecule has 0 unspecified atom stereocenters. The van der Waals surface area contributed by atoms with Gasteiger partial charge in [0.1, 0.15) is 0 Å². The van der Waals surface area contributed by atoms with Crippen molar-refractivity contribution in [2.24, 2.45) is 15.9 Å². The molecule has 0 N–H and O–H groups in total. The molecule has 0 fully saturated rings. The third-order valence-corrected chi connectivity index (χ3v) is 1.77. The van der Waals surface area contributed by atoms with Gasteiger partial charge in [-0.1, -0.05) is 19.4 Å². The summed E-state index contributed by atoms with van der Waals surface area (Å²) in [5.41, 5.74) is 1.19. The molecule has 0 heterocycles. The van der Waals surface area contributed by atoms with E-state index in [0.29, 0.717) is 11.9 Å². The van der Waals surface area contributed by atoms with Crippen molar-refractivity contribution in [1.82, 2.24) is 0 Å². The lowest BCUT2D eigenvalue weighted by Gasteiger charge is -2.07. The molecule has 80 valence electrons. The molecule has 0 aliphatic rings. The molecule has 0 aromatic heterocycles. The van der Waals surface area contributed by atoms with E-state index in [4.69, 9.17) is 4.74 Å². The van der Waals surface area contributed by atoms with Crippen LogP contribution in [-0.4, -0.2) is 18.8 Å². The normalized spacial score (nSPS) is 13.6. The Labute approximate surface area is 86.6 Å². The highest BCUT2D eigenvalue weighted by molar-refractivity contribution is 5.79. The van der Waals surface area contributed by atoms with E-state index in [1.165, 1.54) is 5.57 Å². The number of allylic oxidation sites excluding steroid dienone is 1.